The molecule has 0 atom stereocenters. The Labute approximate surface area is 114 Å². The lowest BCUT2D eigenvalue weighted by Crippen LogP contribution is -2.15. The first-order valence-corrected chi connectivity index (χ1v) is 6.35. The number of rotatable bonds is 5. The molecule has 0 aliphatic carbocycles. The van der Waals surface area contributed by atoms with E-state index in [1.54, 1.807) is 7.11 Å². The monoisotopic (exact) mass is 267 g/mol. The van der Waals surface area contributed by atoms with Gasteiger partial charge < -0.3 is 15.2 Å². The topological polar surface area (TPSA) is 44.5 Å². The molecule has 1 aromatic rings. The van der Waals surface area contributed by atoms with Gasteiger partial charge in [0.25, 0.3) is 0 Å². The zero-order valence-corrected chi connectivity index (χ0v) is 12.3. The van der Waals surface area contributed by atoms with E-state index in [4.69, 9.17) is 27.4 Å². The predicted octanol–water partition coefficient (Wildman–Crippen LogP) is 3.14. The zero-order valence-electron chi connectivity index (χ0n) is 11.4. The van der Waals surface area contributed by atoms with Crippen LogP contribution in [-0.4, -0.2) is 18.7 Å². The Morgan fingerprint density at radius 1 is 1.33 bits per heavy atom. The van der Waals surface area contributed by atoms with Crippen molar-refractivity contribution >= 4 is 17.2 Å². The van der Waals surface area contributed by atoms with E-state index in [0.29, 0.717) is 17.3 Å². The molecule has 0 radical (unpaired) electrons. The van der Waals surface area contributed by atoms with Crippen molar-refractivity contribution in [1.29, 1.82) is 0 Å². The van der Waals surface area contributed by atoms with Gasteiger partial charge in [-0.1, -0.05) is 33.0 Å². The van der Waals surface area contributed by atoms with Gasteiger partial charge in [0, 0.05) is 6.07 Å². The Morgan fingerprint density at radius 3 is 2.50 bits per heavy atom. The normalized spacial score (nSPS) is 11.1. The van der Waals surface area contributed by atoms with Crippen LogP contribution in [0, 0.1) is 5.41 Å². The van der Waals surface area contributed by atoms with Gasteiger partial charge in [-0.2, -0.15) is 0 Å². The molecule has 4 heteroatoms. The van der Waals surface area contributed by atoms with Crippen molar-refractivity contribution in [1.82, 2.24) is 0 Å². The zero-order chi connectivity index (χ0) is 13.8. The Hall–Kier alpha value is -1.29. The summed E-state index contributed by atoms with van der Waals surface area (Å²) in [5, 5.41) is 0. The Bertz CT molecular complexity index is 424. The van der Waals surface area contributed by atoms with Crippen molar-refractivity contribution in [3.8, 4) is 11.5 Å². The number of nitrogens with two attached hydrogens (primary N) is 1. The SMILES string of the molecule is COc1ccc(C(N)=S)c(OCCC(C)(C)C)c1. The fourth-order valence-corrected chi connectivity index (χ4v) is 1.59. The molecule has 0 fully saturated rings. The van der Waals surface area contributed by atoms with E-state index in [1.807, 2.05) is 18.2 Å². The summed E-state index contributed by atoms with van der Waals surface area (Å²) in [5.41, 5.74) is 6.66. The van der Waals surface area contributed by atoms with E-state index in [-0.39, 0.29) is 5.41 Å². The molecule has 1 aromatic carbocycles. The lowest BCUT2D eigenvalue weighted by Gasteiger charge is -2.19. The summed E-state index contributed by atoms with van der Waals surface area (Å²) < 4.78 is 10.9. The maximum atomic E-state index is 5.77. The summed E-state index contributed by atoms with van der Waals surface area (Å²) in [6.07, 6.45) is 0.959. The van der Waals surface area contributed by atoms with Crippen LogP contribution >= 0.6 is 12.2 Å². The van der Waals surface area contributed by atoms with Crippen LogP contribution in [0.15, 0.2) is 18.2 Å². The molecule has 0 saturated heterocycles. The fraction of sp³-hybridized carbons (Fsp3) is 0.500. The van der Waals surface area contributed by atoms with Crippen molar-refractivity contribution < 1.29 is 9.47 Å². The predicted molar refractivity (Wildman–Crippen MR) is 78.4 cm³/mol. The summed E-state index contributed by atoms with van der Waals surface area (Å²) in [6.45, 7) is 7.16. The molecule has 0 aliphatic heterocycles. The minimum Gasteiger partial charge on any atom is -0.497 e. The van der Waals surface area contributed by atoms with Crippen LogP contribution in [0.3, 0.4) is 0 Å². The molecule has 0 aliphatic rings. The molecule has 0 spiro atoms. The van der Waals surface area contributed by atoms with Gasteiger partial charge in [0.15, 0.2) is 0 Å². The Balaban J connectivity index is 2.81. The maximum absolute atomic E-state index is 5.77. The molecule has 2 N–H and O–H groups in total. The largest absolute Gasteiger partial charge is 0.497 e. The molecular weight excluding hydrogens is 246 g/mol. The summed E-state index contributed by atoms with van der Waals surface area (Å²) >= 11 is 5.01. The van der Waals surface area contributed by atoms with Crippen molar-refractivity contribution in [3.05, 3.63) is 23.8 Å². The lowest BCUT2D eigenvalue weighted by molar-refractivity contribution is 0.242. The van der Waals surface area contributed by atoms with Crippen LogP contribution < -0.4 is 15.2 Å². The molecule has 0 aromatic heterocycles. The fourth-order valence-electron chi connectivity index (χ4n) is 1.42. The second-order valence-electron chi connectivity index (χ2n) is 5.39. The van der Waals surface area contributed by atoms with Gasteiger partial charge in [0.1, 0.15) is 16.5 Å². The van der Waals surface area contributed by atoms with Gasteiger partial charge in [-0.25, -0.2) is 0 Å². The van der Waals surface area contributed by atoms with Crippen molar-refractivity contribution in [2.24, 2.45) is 11.1 Å². The number of hydrogen-bond acceptors (Lipinski definition) is 3. The second kappa shape index (κ2) is 6.05. The molecule has 0 bridgehead atoms. The lowest BCUT2D eigenvalue weighted by atomic mass is 9.93. The first-order valence-electron chi connectivity index (χ1n) is 5.94. The molecule has 0 heterocycles. The first-order chi connectivity index (χ1) is 8.33. The van der Waals surface area contributed by atoms with Crippen molar-refractivity contribution in [2.45, 2.75) is 27.2 Å². The van der Waals surface area contributed by atoms with E-state index in [9.17, 15) is 0 Å². The third-order valence-electron chi connectivity index (χ3n) is 2.56. The van der Waals surface area contributed by atoms with Gasteiger partial charge in [0.05, 0.1) is 19.3 Å². The molecular formula is C14H21NO2S. The molecule has 0 saturated carbocycles. The second-order valence-corrected chi connectivity index (χ2v) is 5.83. The highest BCUT2D eigenvalue weighted by molar-refractivity contribution is 7.80. The Morgan fingerprint density at radius 2 is 2.00 bits per heavy atom. The van der Waals surface area contributed by atoms with Crippen LogP contribution in [0.5, 0.6) is 11.5 Å². The van der Waals surface area contributed by atoms with Gasteiger partial charge in [-0.15, -0.1) is 0 Å². The number of thiocarbonyl (C=S) groups is 1. The van der Waals surface area contributed by atoms with Crippen LogP contribution in [0.1, 0.15) is 32.8 Å². The average Bonchev–Trinajstić information content (AvgIpc) is 2.26. The quantitative estimate of drug-likeness (QED) is 0.832. The van der Waals surface area contributed by atoms with E-state index in [0.717, 1.165) is 17.7 Å². The Kier molecular flexibility index (Phi) is 4.96. The highest BCUT2D eigenvalue weighted by Gasteiger charge is 2.12. The summed E-state index contributed by atoms with van der Waals surface area (Å²) in [4.78, 5) is 0.336. The number of methoxy groups -OCH3 is 1. The summed E-state index contributed by atoms with van der Waals surface area (Å²) in [7, 11) is 1.62. The molecule has 100 valence electrons. The van der Waals surface area contributed by atoms with Crippen LogP contribution in [-0.2, 0) is 0 Å². The van der Waals surface area contributed by atoms with Crippen LogP contribution in [0.2, 0.25) is 0 Å². The van der Waals surface area contributed by atoms with Crippen LogP contribution in [0.4, 0.5) is 0 Å². The molecule has 0 unspecified atom stereocenters. The molecule has 18 heavy (non-hydrogen) atoms. The van der Waals surface area contributed by atoms with Gasteiger partial charge >= 0.3 is 0 Å². The summed E-state index contributed by atoms with van der Waals surface area (Å²) in [6, 6.07) is 5.47. The molecule has 0 amide bonds. The minimum absolute atomic E-state index is 0.238. The van der Waals surface area contributed by atoms with Crippen molar-refractivity contribution in [3.63, 3.8) is 0 Å². The number of benzene rings is 1. The molecule has 1 rings (SSSR count). The number of hydrogen-bond donors (Lipinski definition) is 1. The maximum Gasteiger partial charge on any atom is 0.133 e. The minimum atomic E-state index is 0.238. The highest BCUT2D eigenvalue weighted by atomic mass is 32.1. The first kappa shape index (κ1) is 14.8. The van der Waals surface area contributed by atoms with Gasteiger partial charge in [-0.05, 0) is 24.0 Å². The highest BCUT2D eigenvalue weighted by Crippen LogP contribution is 2.26. The third kappa shape index (κ3) is 4.53. The van der Waals surface area contributed by atoms with E-state index in [2.05, 4.69) is 20.8 Å². The number of ether oxygens (including phenoxy) is 2. The van der Waals surface area contributed by atoms with E-state index in [1.165, 1.54) is 0 Å². The standard InChI is InChI=1S/C14H21NO2S/c1-14(2,3)7-8-17-12-9-10(16-4)5-6-11(12)13(15)18/h5-6,9H,7-8H2,1-4H3,(H2,15,18). The van der Waals surface area contributed by atoms with Gasteiger partial charge in [0.2, 0.25) is 0 Å². The third-order valence-corrected chi connectivity index (χ3v) is 2.78. The molecule has 3 nitrogen and oxygen atoms in total. The van der Waals surface area contributed by atoms with E-state index < -0.39 is 0 Å². The van der Waals surface area contributed by atoms with Crippen molar-refractivity contribution in [2.75, 3.05) is 13.7 Å². The average molecular weight is 267 g/mol. The van der Waals surface area contributed by atoms with Crippen LogP contribution in [0.25, 0.3) is 0 Å². The van der Waals surface area contributed by atoms with E-state index >= 15 is 0 Å². The van der Waals surface area contributed by atoms with Gasteiger partial charge in [-0.3, -0.25) is 0 Å². The summed E-state index contributed by atoms with van der Waals surface area (Å²) in [5.74, 6) is 1.42. The smallest absolute Gasteiger partial charge is 0.133 e.